The molecule has 3 aliphatic heterocycles. The van der Waals surface area contributed by atoms with Crippen LogP contribution >= 0.6 is 0 Å². The van der Waals surface area contributed by atoms with Gasteiger partial charge in [0.25, 0.3) is 0 Å². The Kier molecular flexibility index (Phi) is 3.76. The predicted molar refractivity (Wildman–Crippen MR) is 85.9 cm³/mol. The molecule has 3 aliphatic rings. The van der Waals surface area contributed by atoms with Crippen LogP contribution in [-0.2, 0) is 10.0 Å². The molecule has 0 N–H and O–H groups in total. The molecule has 0 aliphatic carbocycles. The van der Waals surface area contributed by atoms with Gasteiger partial charge in [0, 0.05) is 38.1 Å². The van der Waals surface area contributed by atoms with Gasteiger partial charge in [0.2, 0.25) is 16.0 Å². The van der Waals surface area contributed by atoms with E-state index in [4.69, 9.17) is 4.52 Å². The van der Waals surface area contributed by atoms with Crippen molar-refractivity contribution < 1.29 is 12.9 Å². The van der Waals surface area contributed by atoms with Crippen LogP contribution in [0.4, 0.5) is 5.95 Å². The van der Waals surface area contributed by atoms with E-state index in [2.05, 4.69) is 20.0 Å². The number of sulfonamides is 1. The van der Waals surface area contributed by atoms with Crippen molar-refractivity contribution in [2.45, 2.75) is 30.7 Å². The van der Waals surface area contributed by atoms with Crippen molar-refractivity contribution in [3.63, 3.8) is 0 Å². The average Bonchev–Trinajstić information content (AvgIpc) is 2.83. The molecular formula is C15H19N5O3S. The average molecular weight is 349 g/mol. The lowest BCUT2D eigenvalue weighted by Gasteiger charge is -2.34. The largest absolute Gasteiger partial charge is 0.360 e. The van der Waals surface area contributed by atoms with Crippen molar-refractivity contribution in [2.75, 3.05) is 24.5 Å². The summed E-state index contributed by atoms with van der Waals surface area (Å²) >= 11 is 0. The maximum absolute atomic E-state index is 13.0. The molecule has 2 bridgehead atoms. The van der Waals surface area contributed by atoms with E-state index in [1.54, 1.807) is 29.7 Å². The molecule has 0 spiro atoms. The molecule has 0 amide bonds. The Labute approximate surface area is 140 Å². The van der Waals surface area contributed by atoms with E-state index in [9.17, 15) is 8.42 Å². The van der Waals surface area contributed by atoms with E-state index in [1.165, 1.54) is 6.20 Å². The highest BCUT2D eigenvalue weighted by Gasteiger charge is 2.42. The van der Waals surface area contributed by atoms with Crippen molar-refractivity contribution in [3.8, 4) is 0 Å². The molecule has 0 radical (unpaired) electrons. The fourth-order valence-corrected chi connectivity index (χ4v) is 5.42. The summed E-state index contributed by atoms with van der Waals surface area (Å²) in [6, 6.07) is 1.69. The van der Waals surface area contributed by atoms with Gasteiger partial charge in [0.15, 0.2) is 5.76 Å². The van der Waals surface area contributed by atoms with E-state index in [-0.39, 0.29) is 16.9 Å². The number of fused-ring (bicyclic) bond motifs is 4. The zero-order chi connectivity index (χ0) is 16.7. The highest BCUT2D eigenvalue weighted by atomic mass is 32.2. The van der Waals surface area contributed by atoms with Crippen molar-refractivity contribution in [2.24, 2.45) is 5.92 Å². The van der Waals surface area contributed by atoms with Gasteiger partial charge in [-0.1, -0.05) is 5.16 Å². The molecule has 128 valence electrons. The smallest absolute Gasteiger partial charge is 0.248 e. The molecule has 8 nitrogen and oxygen atoms in total. The standard InChI is InChI=1S/C15H19N5O3S/c1-11-14(7-18-23-11)24(21,22)20-9-12-3-4-13(20)10-19(8-12)15-16-5-2-6-17-15/h2,5-7,12-13H,3-4,8-10H2,1H3/t12-,13+/m0/s1. The highest BCUT2D eigenvalue weighted by Crippen LogP contribution is 2.33. The summed E-state index contributed by atoms with van der Waals surface area (Å²) in [4.78, 5) is 10.9. The molecule has 2 aromatic rings. The number of aromatic nitrogens is 3. The molecule has 9 heteroatoms. The summed E-state index contributed by atoms with van der Waals surface area (Å²) in [6.45, 7) is 3.51. The van der Waals surface area contributed by atoms with Gasteiger partial charge in [-0.3, -0.25) is 0 Å². The normalized spacial score (nSPS) is 25.0. The van der Waals surface area contributed by atoms with Crippen LogP contribution in [0.5, 0.6) is 0 Å². The summed E-state index contributed by atoms with van der Waals surface area (Å²) in [5.74, 6) is 1.26. The molecule has 5 heterocycles. The predicted octanol–water partition coefficient (Wildman–Crippen LogP) is 1.06. The van der Waals surface area contributed by atoms with Crippen LogP contribution in [0.1, 0.15) is 18.6 Å². The fourth-order valence-electron chi connectivity index (χ4n) is 3.61. The summed E-state index contributed by atoms with van der Waals surface area (Å²) in [6.07, 6.45) is 6.58. The second kappa shape index (κ2) is 5.82. The van der Waals surface area contributed by atoms with Gasteiger partial charge < -0.3 is 9.42 Å². The van der Waals surface area contributed by atoms with Crippen LogP contribution < -0.4 is 4.90 Å². The zero-order valence-corrected chi connectivity index (χ0v) is 14.2. The van der Waals surface area contributed by atoms with Crippen molar-refractivity contribution in [1.29, 1.82) is 0 Å². The van der Waals surface area contributed by atoms with Crippen LogP contribution in [0.3, 0.4) is 0 Å². The van der Waals surface area contributed by atoms with Crippen molar-refractivity contribution >= 4 is 16.0 Å². The lowest BCUT2D eigenvalue weighted by atomic mass is 9.97. The quantitative estimate of drug-likeness (QED) is 0.818. The second-order valence-electron chi connectivity index (χ2n) is 6.37. The molecule has 2 aromatic heterocycles. The Hall–Kier alpha value is -2.00. The van der Waals surface area contributed by atoms with Gasteiger partial charge in [-0.15, -0.1) is 0 Å². The van der Waals surface area contributed by atoms with Crippen LogP contribution in [0.25, 0.3) is 0 Å². The first-order chi connectivity index (χ1) is 11.6. The van der Waals surface area contributed by atoms with E-state index in [0.29, 0.717) is 24.8 Å². The number of hydrogen-bond donors (Lipinski definition) is 0. The van der Waals surface area contributed by atoms with Crippen LogP contribution in [0, 0.1) is 12.8 Å². The summed E-state index contributed by atoms with van der Waals surface area (Å²) in [5.41, 5.74) is 0. The number of piperidine rings is 1. The summed E-state index contributed by atoms with van der Waals surface area (Å²) < 4.78 is 32.6. The second-order valence-corrected chi connectivity index (χ2v) is 8.23. The Bertz CT molecular complexity index is 823. The minimum absolute atomic E-state index is 0.0909. The SMILES string of the molecule is Cc1oncc1S(=O)(=O)N1C[C@H]2CC[C@@H]1CN(c1ncccn1)C2. The molecular weight excluding hydrogens is 330 g/mol. The first-order valence-electron chi connectivity index (χ1n) is 8.01. The number of nitrogens with zero attached hydrogens (tertiary/aromatic N) is 5. The van der Waals surface area contributed by atoms with E-state index in [1.807, 2.05) is 0 Å². The molecule has 24 heavy (non-hydrogen) atoms. The topological polar surface area (TPSA) is 92.4 Å². The van der Waals surface area contributed by atoms with Gasteiger partial charge in [-0.2, -0.15) is 4.31 Å². The van der Waals surface area contributed by atoms with Crippen LogP contribution in [0.2, 0.25) is 0 Å². The number of hydrogen-bond acceptors (Lipinski definition) is 7. The third-order valence-electron chi connectivity index (χ3n) is 4.79. The Morgan fingerprint density at radius 2 is 1.96 bits per heavy atom. The Balaban J connectivity index is 1.65. The molecule has 2 atom stereocenters. The minimum Gasteiger partial charge on any atom is -0.360 e. The summed E-state index contributed by atoms with van der Waals surface area (Å²) in [7, 11) is -3.60. The van der Waals surface area contributed by atoms with Gasteiger partial charge in [-0.05, 0) is 31.7 Å². The first-order valence-corrected chi connectivity index (χ1v) is 9.45. The number of rotatable bonds is 3. The summed E-state index contributed by atoms with van der Waals surface area (Å²) in [5, 5.41) is 3.62. The molecule has 0 aromatic carbocycles. The van der Waals surface area contributed by atoms with Crippen molar-refractivity contribution in [3.05, 3.63) is 30.4 Å². The maximum Gasteiger partial charge on any atom is 0.248 e. The third kappa shape index (κ3) is 2.57. The Morgan fingerprint density at radius 1 is 1.17 bits per heavy atom. The maximum atomic E-state index is 13.0. The molecule has 0 saturated carbocycles. The highest BCUT2D eigenvalue weighted by molar-refractivity contribution is 7.89. The zero-order valence-electron chi connectivity index (χ0n) is 13.4. The van der Waals surface area contributed by atoms with Gasteiger partial charge in [0.1, 0.15) is 4.90 Å². The number of aryl methyl sites for hydroxylation is 1. The fraction of sp³-hybridized carbons (Fsp3) is 0.533. The van der Waals surface area contributed by atoms with Crippen LogP contribution in [-0.4, -0.2) is 53.5 Å². The van der Waals surface area contributed by atoms with E-state index in [0.717, 1.165) is 19.4 Å². The van der Waals surface area contributed by atoms with Crippen LogP contribution in [0.15, 0.2) is 34.1 Å². The Morgan fingerprint density at radius 3 is 2.67 bits per heavy atom. The van der Waals surface area contributed by atoms with Crippen molar-refractivity contribution in [1.82, 2.24) is 19.4 Å². The van der Waals surface area contributed by atoms with Gasteiger partial charge in [0.05, 0.1) is 6.20 Å². The van der Waals surface area contributed by atoms with E-state index >= 15 is 0 Å². The molecule has 5 rings (SSSR count). The van der Waals surface area contributed by atoms with Gasteiger partial charge in [-0.25, -0.2) is 18.4 Å². The lowest BCUT2D eigenvalue weighted by Crippen LogP contribution is -2.47. The lowest BCUT2D eigenvalue weighted by molar-refractivity contribution is 0.230. The number of anilines is 1. The molecule has 3 fully saturated rings. The third-order valence-corrected chi connectivity index (χ3v) is 6.80. The molecule has 0 unspecified atom stereocenters. The minimum atomic E-state index is -3.60. The molecule has 3 saturated heterocycles. The first kappa shape index (κ1) is 15.5. The van der Waals surface area contributed by atoms with E-state index < -0.39 is 10.0 Å². The monoisotopic (exact) mass is 349 g/mol. The van der Waals surface area contributed by atoms with Gasteiger partial charge >= 0.3 is 0 Å².